The first-order valence-electron chi connectivity index (χ1n) is 6.75. The van der Waals surface area contributed by atoms with E-state index in [1.807, 2.05) is 0 Å². The van der Waals surface area contributed by atoms with Gasteiger partial charge in [0.1, 0.15) is 5.75 Å². The van der Waals surface area contributed by atoms with Gasteiger partial charge in [-0.05, 0) is 49.4 Å². The number of carbonyl (C=O) groups is 1. The molecule has 6 nitrogen and oxygen atoms in total. The van der Waals surface area contributed by atoms with Crippen molar-refractivity contribution in [2.75, 3.05) is 10.0 Å². The van der Waals surface area contributed by atoms with Gasteiger partial charge in [0, 0.05) is 5.02 Å². The number of benzene rings is 2. The molecule has 0 fully saturated rings. The highest BCUT2D eigenvalue weighted by Gasteiger charge is 2.24. The highest BCUT2D eigenvalue weighted by atomic mass is 35.5. The fourth-order valence-corrected chi connectivity index (χ4v) is 3.28. The number of carbonyl (C=O) groups excluding carboxylic acids is 1. The number of nitrogens with one attached hydrogen (secondary N) is 2. The summed E-state index contributed by atoms with van der Waals surface area (Å²) in [6, 6.07) is 10.5. The number of halogens is 1. The Morgan fingerprint density at radius 1 is 1.17 bits per heavy atom. The third-order valence-corrected chi connectivity index (χ3v) is 4.94. The van der Waals surface area contributed by atoms with Gasteiger partial charge >= 0.3 is 0 Å². The Morgan fingerprint density at radius 2 is 1.87 bits per heavy atom. The molecule has 0 aromatic heterocycles. The third-order valence-electron chi connectivity index (χ3n) is 3.29. The topological polar surface area (TPSA) is 84.5 Å². The van der Waals surface area contributed by atoms with Crippen molar-refractivity contribution >= 4 is 38.9 Å². The van der Waals surface area contributed by atoms with Crippen LogP contribution in [0.2, 0.25) is 5.02 Å². The zero-order valence-electron chi connectivity index (χ0n) is 12.0. The second-order valence-electron chi connectivity index (χ2n) is 5.02. The zero-order valence-corrected chi connectivity index (χ0v) is 13.6. The largest absolute Gasteiger partial charge is 0.479 e. The van der Waals surface area contributed by atoms with E-state index in [2.05, 4.69) is 10.0 Å². The van der Waals surface area contributed by atoms with Crippen molar-refractivity contribution in [2.45, 2.75) is 17.9 Å². The van der Waals surface area contributed by atoms with Crippen molar-refractivity contribution in [1.82, 2.24) is 0 Å². The molecule has 2 N–H and O–H groups in total. The number of rotatable bonds is 3. The van der Waals surface area contributed by atoms with Gasteiger partial charge in [-0.1, -0.05) is 11.6 Å². The van der Waals surface area contributed by atoms with Crippen LogP contribution in [-0.4, -0.2) is 20.4 Å². The van der Waals surface area contributed by atoms with Crippen LogP contribution in [0, 0.1) is 0 Å². The number of ether oxygens (including phenoxy) is 1. The van der Waals surface area contributed by atoms with E-state index in [1.165, 1.54) is 30.3 Å². The average molecular weight is 353 g/mol. The normalized spacial score (nSPS) is 17.0. The standard InChI is InChI=1S/C15H13ClN2O4S/c1-9-15(19)17-13-8-11(4-7-14(13)22-9)18-23(20,21)12-5-2-10(16)3-6-12/h2-9,18H,1H3,(H,17,19)/t9-/m1/s1. The van der Waals surface area contributed by atoms with E-state index < -0.39 is 16.1 Å². The van der Waals surface area contributed by atoms with E-state index in [0.717, 1.165) is 0 Å². The number of anilines is 2. The van der Waals surface area contributed by atoms with Gasteiger partial charge in [0.05, 0.1) is 16.3 Å². The molecular formula is C15H13ClN2O4S. The van der Waals surface area contributed by atoms with Gasteiger partial charge in [-0.2, -0.15) is 0 Å². The van der Waals surface area contributed by atoms with Crippen LogP contribution >= 0.6 is 11.6 Å². The third kappa shape index (κ3) is 3.25. The van der Waals surface area contributed by atoms with E-state index in [9.17, 15) is 13.2 Å². The highest BCUT2D eigenvalue weighted by molar-refractivity contribution is 7.92. The number of fused-ring (bicyclic) bond motifs is 1. The Labute approximate surface area is 138 Å². The summed E-state index contributed by atoms with van der Waals surface area (Å²) in [5.41, 5.74) is 0.738. The Bertz CT molecular complexity index is 866. The quantitative estimate of drug-likeness (QED) is 0.889. The maximum atomic E-state index is 12.3. The molecule has 23 heavy (non-hydrogen) atoms. The van der Waals surface area contributed by atoms with Crippen LogP contribution in [0.1, 0.15) is 6.92 Å². The number of amides is 1. The lowest BCUT2D eigenvalue weighted by Gasteiger charge is -2.23. The van der Waals surface area contributed by atoms with Crippen molar-refractivity contribution in [3.05, 3.63) is 47.5 Å². The molecule has 0 bridgehead atoms. The molecule has 0 spiro atoms. The van der Waals surface area contributed by atoms with E-state index in [-0.39, 0.29) is 10.8 Å². The molecule has 120 valence electrons. The lowest BCUT2D eigenvalue weighted by molar-refractivity contribution is -0.122. The molecule has 8 heteroatoms. The van der Waals surface area contributed by atoms with Crippen LogP contribution in [-0.2, 0) is 14.8 Å². The predicted molar refractivity (Wildman–Crippen MR) is 87.4 cm³/mol. The molecule has 0 aliphatic carbocycles. The maximum absolute atomic E-state index is 12.3. The van der Waals surface area contributed by atoms with Crippen LogP contribution in [0.25, 0.3) is 0 Å². The summed E-state index contributed by atoms with van der Waals surface area (Å²) in [4.78, 5) is 11.7. The van der Waals surface area contributed by atoms with Gasteiger partial charge in [0.25, 0.3) is 15.9 Å². The zero-order chi connectivity index (χ0) is 16.6. The number of sulfonamides is 1. The lowest BCUT2D eigenvalue weighted by atomic mass is 10.2. The first-order chi connectivity index (χ1) is 10.8. The van der Waals surface area contributed by atoms with E-state index >= 15 is 0 Å². The molecule has 3 rings (SSSR count). The summed E-state index contributed by atoms with van der Waals surface area (Å²) in [5, 5.41) is 3.12. The summed E-state index contributed by atoms with van der Waals surface area (Å²) in [6.07, 6.45) is -0.584. The molecule has 1 atom stereocenters. The Balaban J connectivity index is 1.87. The molecule has 1 aliphatic heterocycles. The van der Waals surface area contributed by atoms with Gasteiger partial charge in [-0.15, -0.1) is 0 Å². The molecule has 1 amide bonds. The average Bonchev–Trinajstić information content (AvgIpc) is 2.49. The molecule has 1 heterocycles. The summed E-state index contributed by atoms with van der Waals surface area (Å²) in [6.45, 7) is 1.63. The van der Waals surface area contributed by atoms with E-state index in [4.69, 9.17) is 16.3 Å². The van der Waals surface area contributed by atoms with Crippen LogP contribution in [0.15, 0.2) is 47.4 Å². The monoisotopic (exact) mass is 352 g/mol. The van der Waals surface area contributed by atoms with Gasteiger partial charge in [0.2, 0.25) is 0 Å². The molecule has 1 aliphatic rings. The second-order valence-corrected chi connectivity index (χ2v) is 7.14. The van der Waals surface area contributed by atoms with Crippen molar-refractivity contribution < 1.29 is 17.9 Å². The Morgan fingerprint density at radius 3 is 2.57 bits per heavy atom. The van der Waals surface area contributed by atoms with Gasteiger partial charge in [-0.3, -0.25) is 9.52 Å². The highest BCUT2D eigenvalue weighted by Crippen LogP contribution is 2.32. The predicted octanol–water partition coefficient (Wildman–Crippen LogP) is 2.86. The molecule has 0 unspecified atom stereocenters. The molecule has 2 aromatic carbocycles. The van der Waals surface area contributed by atoms with Gasteiger partial charge in [-0.25, -0.2) is 8.42 Å². The van der Waals surface area contributed by atoms with Crippen molar-refractivity contribution in [3.63, 3.8) is 0 Å². The van der Waals surface area contributed by atoms with Crippen molar-refractivity contribution in [3.8, 4) is 5.75 Å². The van der Waals surface area contributed by atoms with Gasteiger partial charge in [0.15, 0.2) is 6.10 Å². The minimum Gasteiger partial charge on any atom is -0.479 e. The van der Waals surface area contributed by atoms with E-state index in [0.29, 0.717) is 22.1 Å². The summed E-state index contributed by atoms with van der Waals surface area (Å²) in [7, 11) is -3.74. The minimum atomic E-state index is -3.74. The Kier molecular flexibility index (Phi) is 3.91. The number of hydrogen-bond donors (Lipinski definition) is 2. The fourth-order valence-electron chi connectivity index (χ4n) is 2.10. The van der Waals surface area contributed by atoms with Crippen LogP contribution in [0.5, 0.6) is 5.75 Å². The van der Waals surface area contributed by atoms with Crippen molar-refractivity contribution in [2.24, 2.45) is 0 Å². The van der Waals surface area contributed by atoms with Crippen LogP contribution < -0.4 is 14.8 Å². The van der Waals surface area contributed by atoms with Gasteiger partial charge < -0.3 is 10.1 Å². The van der Waals surface area contributed by atoms with Crippen LogP contribution in [0.3, 0.4) is 0 Å². The first-order valence-corrected chi connectivity index (χ1v) is 8.61. The second kappa shape index (κ2) is 5.75. The molecule has 0 radical (unpaired) electrons. The lowest BCUT2D eigenvalue weighted by Crippen LogP contribution is -2.34. The van der Waals surface area contributed by atoms with Crippen LogP contribution in [0.4, 0.5) is 11.4 Å². The first kappa shape index (κ1) is 15.6. The SMILES string of the molecule is C[C@H]1Oc2ccc(NS(=O)(=O)c3ccc(Cl)cc3)cc2NC1=O. The Hall–Kier alpha value is -2.25. The van der Waals surface area contributed by atoms with E-state index in [1.54, 1.807) is 19.1 Å². The molecule has 0 saturated carbocycles. The molecule has 2 aromatic rings. The summed E-state index contributed by atoms with van der Waals surface area (Å²) < 4.78 is 32.5. The minimum absolute atomic E-state index is 0.0912. The maximum Gasteiger partial charge on any atom is 0.265 e. The fraction of sp³-hybridized carbons (Fsp3) is 0.133. The summed E-state index contributed by atoms with van der Waals surface area (Å²) >= 11 is 5.76. The molecule has 0 saturated heterocycles. The number of hydrogen-bond acceptors (Lipinski definition) is 4. The van der Waals surface area contributed by atoms with Crippen molar-refractivity contribution in [1.29, 1.82) is 0 Å². The summed E-state index contributed by atoms with van der Waals surface area (Å²) in [5.74, 6) is 0.210. The molecular weight excluding hydrogens is 340 g/mol. The smallest absolute Gasteiger partial charge is 0.265 e.